The van der Waals surface area contributed by atoms with E-state index in [1.807, 2.05) is 37.3 Å². The Hall–Kier alpha value is -4.21. The third-order valence-corrected chi connectivity index (χ3v) is 8.86. The molecule has 0 aromatic heterocycles. The molecule has 1 N–H and O–H groups in total. The zero-order valence-corrected chi connectivity index (χ0v) is 24.8. The van der Waals surface area contributed by atoms with Crippen molar-refractivity contribution in [2.24, 2.45) is 0 Å². The van der Waals surface area contributed by atoms with Crippen LogP contribution in [0.3, 0.4) is 0 Å². The molecule has 4 rings (SSSR count). The van der Waals surface area contributed by atoms with E-state index in [9.17, 15) is 22.4 Å². The maximum absolute atomic E-state index is 14.8. The number of hydrogen-bond donors (Lipinski definition) is 1. The summed E-state index contributed by atoms with van der Waals surface area (Å²) in [6.45, 7) is 0.938. The maximum atomic E-state index is 14.8. The van der Waals surface area contributed by atoms with Crippen molar-refractivity contribution < 1.29 is 22.4 Å². The van der Waals surface area contributed by atoms with Crippen LogP contribution in [0, 0.1) is 12.7 Å². The molecule has 0 spiro atoms. The molecule has 2 amide bonds. The first-order valence-corrected chi connectivity index (χ1v) is 15.1. The summed E-state index contributed by atoms with van der Waals surface area (Å²) in [7, 11) is -2.78. The number of anilines is 1. The average Bonchev–Trinajstić information content (AvgIpc) is 2.99. The lowest BCUT2D eigenvalue weighted by atomic mass is 10.0. The summed E-state index contributed by atoms with van der Waals surface area (Å²) in [5, 5.41) is 2.99. The van der Waals surface area contributed by atoms with Crippen LogP contribution in [-0.4, -0.2) is 44.8 Å². The van der Waals surface area contributed by atoms with Crippen LogP contribution in [0.2, 0.25) is 5.02 Å². The van der Waals surface area contributed by atoms with Crippen LogP contribution in [0.4, 0.5) is 10.1 Å². The molecule has 7 nitrogen and oxygen atoms in total. The Balaban J connectivity index is 1.79. The van der Waals surface area contributed by atoms with Crippen molar-refractivity contribution in [2.75, 3.05) is 17.9 Å². The number of nitrogens with zero attached hydrogens (tertiary/aromatic N) is 2. The van der Waals surface area contributed by atoms with E-state index in [1.54, 1.807) is 18.2 Å². The van der Waals surface area contributed by atoms with E-state index in [-0.39, 0.29) is 29.1 Å². The molecule has 4 aromatic carbocycles. The fraction of sp³-hybridized carbons (Fsp3) is 0.188. The van der Waals surface area contributed by atoms with E-state index in [4.69, 9.17) is 11.6 Å². The van der Waals surface area contributed by atoms with Crippen LogP contribution in [0.15, 0.2) is 108 Å². The minimum atomic E-state index is -4.24. The second-order valence-corrected chi connectivity index (χ2v) is 12.0. The van der Waals surface area contributed by atoms with Crippen molar-refractivity contribution in [3.05, 3.63) is 131 Å². The second kappa shape index (κ2) is 13.6. The molecule has 0 saturated heterocycles. The molecule has 0 aliphatic heterocycles. The van der Waals surface area contributed by atoms with Crippen LogP contribution >= 0.6 is 11.6 Å². The van der Waals surface area contributed by atoms with Crippen molar-refractivity contribution >= 4 is 39.1 Å². The van der Waals surface area contributed by atoms with Gasteiger partial charge in [-0.3, -0.25) is 13.9 Å². The molecular formula is C32H31ClFN3O4S. The fourth-order valence-corrected chi connectivity index (χ4v) is 6.04. The molecule has 0 saturated carbocycles. The zero-order valence-electron chi connectivity index (χ0n) is 23.2. The smallest absolute Gasteiger partial charge is 0.264 e. The first kappa shape index (κ1) is 30.7. The van der Waals surface area contributed by atoms with Gasteiger partial charge in [-0.15, -0.1) is 0 Å². The summed E-state index contributed by atoms with van der Waals surface area (Å²) in [4.78, 5) is 28.6. The number of aryl methyl sites for hydroxylation is 1. The summed E-state index contributed by atoms with van der Waals surface area (Å²) in [5.41, 5.74) is 2.04. The third-order valence-electron chi connectivity index (χ3n) is 6.82. The number of rotatable bonds is 11. The Kier molecular flexibility index (Phi) is 9.98. The topological polar surface area (TPSA) is 86.8 Å². The van der Waals surface area contributed by atoms with Crippen molar-refractivity contribution in [1.29, 1.82) is 0 Å². The highest BCUT2D eigenvalue weighted by atomic mass is 35.5. The highest BCUT2D eigenvalue weighted by Crippen LogP contribution is 2.27. The number of nitrogens with one attached hydrogen (secondary N) is 1. The largest absolute Gasteiger partial charge is 0.357 e. The number of sulfonamides is 1. The number of carbonyl (C=O) groups excluding carboxylic acids is 2. The molecule has 0 radical (unpaired) electrons. The lowest BCUT2D eigenvalue weighted by molar-refractivity contribution is -0.139. The third kappa shape index (κ3) is 7.35. The average molecular weight is 608 g/mol. The lowest BCUT2D eigenvalue weighted by Gasteiger charge is -2.33. The van der Waals surface area contributed by atoms with Gasteiger partial charge in [-0.1, -0.05) is 77.8 Å². The van der Waals surface area contributed by atoms with Gasteiger partial charge in [-0.25, -0.2) is 12.8 Å². The van der Waals surface area contributed by atoms with Crippen LogP contribution < -0.4 is 9.62 Å². The van der Waals surface area contributed by atoms with Crippen molar-refractivity contribution in [3.8, 4) is 0 Å². The quantitative estimate of drug-likeness (QED) is 0.248. The molecule has 0 fully saturated rings. The molecule has 42 heavy (non-hydrogen) atoms. The minimum Gasteiger partial charge on any atom is -0.357 e. The Morgan fingerprint density at radius 1 is 0.881 bits per heavy atom. The first-order chi connectivity index (χ1) is 20.1. The SMILES string of the molecule is CNC(=O)[C@@H](Cc1ccccc1)N(Cc1ccccc1F)C(=O)CN(c1ccc(Cl)cc1)S(=O)(=O)c1ccc(C)cc1. The van der Waals surface area contributed by atoms with E-state index in [0.717, 1.165) is 15.4 Å². The second-order valence-electron chi connectivity index (χ2n) is 9.73. The molecule has 218 valence electrons. The molecule has 1 atom stereocenters. The van der Waals surface area contributed by atoms with E-state index in [0.29, 0.717) is 5.02 Å². The Bertz CT molecular complexity index is 1630. The van der Waals surface area contributed by atoms with Crippen LogP contribution in [0.25, 0.3) is 0 Å². The number of amides is 2. The predicted molar refractivity (Wildman–Crippen MR) is 162 cm³/mol. The van der Waals surface area contributed by atoms with Gasteiger partial charge in [-0.2, -0.15) is 0 Å². The maximum Gasteiger partial charge on any atom is 0.264 e. The van der Waals surface area contributed by atoms with Crippen molar-refractivity contribution in [2.45, 2.75) is 30.8 Å². The van der Waals surface area contributed by atoms with Crippen LogP contribution in [-0.2, 0) is 32.6 Å². The number of hydrogen-bond acceptors (Lipinski definition) is 4. The van der Waals surface area contributed by atoms with E-state index < -0.39 is 40.2 Å². The number of benzene rings is 4. The summed E-state index contributed by atoms with van der Waals surface area (Å²) in [5.74, 6) is -1.70. The van der Waals surface area contributed by atoms with Gasteiger partial charge < -0.3 is 10.2 Å². The Morgan fingerprint density at radius 2 is 1.50 bits per heavy atom. The monoisotopic (exact) mass is 607 g/mol. The standard InChI is InChI=1S/C32H31ClFN3O4S/c1-23-12-18-28(19-13-23)42(40,41)37(27-16-14-26(33)15-17-27)22-31(38)36(21-25-10-6-7-11-29(25)34)30(32(39)35-2)20-24-8-4-3-5-9-24/h3-19,30H,20-22H2,1-2H3,(H,35,39)/t30-/m1/s1. The number of halogens is 2. The summed E-state index contributed by atoms with van der Waals surface area (Å²) < 4.78 is 43.7. The molecular weight excluding hydrogens is 577 g/mol. The van der Waals surface area contributed by atoms with Gasteiger partial charge in [0, 0.05) is 30.6 Å². The first-order valence-electron chi connectivity index (χ1n) is 13.2. The summed E-state index contributed by atoms with van der Waals surface area (Å²) in [6.07, 6.45) is 0.131. The van der Waals surface area contributed by atoms with Gasteiger partial charge in [0.2, 0.25) is 11.8 Å². The predicted octanol–water partition coefficient (Wildman–Crippen LogP) is 5.37. The van der Waals surface area contributed by atoms with Crippen molar-refractivity contribution in [1.82, 2.24) is 10.2 Å². The summed E-state index contributed by atoms with van der Waals surface area (Å²) in [6, 6.07) is 26.3. The van der Waals surface area contributed by atoms with Crippen molar-refractivity contribution in [3.63, 3.8) is 0 Å². The molecule has 0 aliphatic rings. The van der Waals surface area contributed by atoms with Gasteiger partial charge in [0.05, 0.1) is 10.6 Å². The minimum absolute atomic E-state index is 0.0105. The highest BCUT2D eigenvalue weighted by Gasteiger charge is 2.34. The summed E-state index contributed by atoms with van der Waals surface area (Å²) >= 11 is 6.07. The van der Waals surface area contributed by atoms with Gasteiger partial charge >= 0.3 is 0 Å². The Morgan fingerprint density at radius 3 is 2.12 bits per heavy atom. The molecule has 0 aliphatic carbocycles. The highest BCUT2D eigenvalue weighted by molar-refractivity contribution is 7.92. The van der Waals surface area contributed by atoms with Gasteiger partial charge in [-0.05, 0) is 55.0 Å². The molecule has 0 heterocycles. The Labute approximate surface area is 250 Å². The van der Waals surface area contributed by atoms with E-state index in [1.165, 1.54) is 66.5 Å². The van der Waals surface area contributed by atoms with E-state index in [2.05, 4.69) is 5.32 Å². The number of likely N-dealkylation sites (N-methyl/N-ethyl adjacent to an activating group) is 1. The van der Waals surface area contributed by atoms with E-state index >= 15 is 0 Å². The molecule has 0 unspecified atom stereocenters. The van der Waals surface area contributed by atoms with Gasteiger partial charge in [0.15, 0.2) is 0 Å². The van der Waals surface area contributed by atoms with Gasteiger partial charge in [0.1, 0.15) is 18.4 Å². The fourth-order valence-electron chi connectivity index (χ4n) is 4.50. The zero-order chi connectivity index (χ0) is 30.3. The van der Waals surface area contributed by atoms with Crippen LogP contribution in [0.1, 0.15) is 16.7 Å². The number of carbonyl (C=O) groups is 2. The molecule has 4 aromatic rings. The van der Waals surface area contributed by atoms with Gasteiger partial charge in [0.25, 0.3) is 10.0 Å². The molecule has 0 bridgehead atoms. The molecule has 10 heteroatoms. The van der Waals surface area contributed by atoms with Crippen LogP contribution in [0.5, 0.6) is 0 Å². The lowest BCUT2D eigenvalue weighted by Crippen LogP contribution is -2.53. The normalized spacial score (nSPS) is 11.9.